The molecule has 4 nitrogen and oxygen atoms in total. The molecule has 2 heterocycles. The van der Waals surface area contributed by atoms with Gasteiger partial charge >= 0.3 is 6.03 Å². The van der Waals surface area contributed by atoms with Crippen molar-refractivity contribution in [1.29, 1.82) is 0 Å². The van der Waals surface area contributed by atoms with Crippen molar-refractivity contribution in [1.82, 2.24) is 10.2 Å². The summed E-state index contributed by atoms with van der Waals surface area (Å²) in [6.45, 7) is 2.00. The zero-order valence-corrected chi connectivity index (χ0v) is 9.56. The van der Waals surface area contributed by atoms with E-state index in [2.05, 4.69) is 5.32 Å². The lowest BCUT2D eigenvalue weighted by Gasteiger charge is -2.20. The zero-order valence-electron chi connectivity index (χ0n) is 7.99. The van der Waals surface area contributed by atoms with Gasteiger partial charge in [0.05, 0.1) is 10.4 Å². The van der Waals surface area contributed by atoms with Gasteiger partial charge in [-0.25, -0.2) is 4.79 Å². The van der Waals surface area contributed by atoms with E-state index in [0.29, 0.717) is 4.34 Å². The average Bonchev–Trinajstić information content (AvgIpc) is 2.71. The van der Waals surface area contributed by atoms with Crippen molar-refractivity contribution in [3.8, 4) is 0 Å². The normalized spacial score (nSPS) is 18.1. The molecule has 0 aliphatic carbocycles. The Balaban J connectivity index is 2.18. The van der Waals surface area contributed by atoms with Crippen LogP contribution in [0.25, 0.3) is 0 Å². The molecule has 1 aromatic rings. The highest BCUT2D eigenvalue weighted by molar-refractivity contribution is 7.16. The SMILES string of the molecule is CC(c1ccc(Cl)s1)N1CC(=O)NC1=O. The summed E-state index contributed by atoms with van der Waals surface area (Å²) in [5, 5.41) is 2.24. The minimum atomic E-state index is -0.336. The molecule has 0 radical (unpaired) electrons. The monoisotopic (exact) mass is 244 g/mol. The first kappa shape index (κ1) is 10.4. The minimum absolute atomic E-state index is 0.117. The number of nitrogens with one attached hydrogen (secondary N) is 1. The quantitative estimate of drug-likeness (QED) is 0.810. The lowest BCUT2D eigenvalue weighted by atomic mass is 10.2. The number of hydrogen-bond donors (Lipinski definition) is 1. The Morgan fingerprint density at radius 2 is 2.27 bits per heavy atom. The standard InChI is InChI=1S/C9H9ClN2O2S/c1-5(6-2-3-7(10)15-6)12-4-8(13)11-9(12)14/h2-3,5H,4H2,1H3,(H,11,13,14). The van der Waals surface area contributed by atoms with Crippen LogP contribution in [0.15, 0.2) is 12.1 Å². The van der Waals surface area contributed by atoms with Gasteiger partial charge in [0.2, 0.25) is 5.91 Å². The predicted octanol–water partition coefficient (Wildman–Crippen LogP) is 2.01. The fourth-order valence-electron chi connectivity index (χ4n) is 1.48. The van der Waals surface area contributed by atoms with Crippen LogP contribution in [-0.2, 0) is 4.79 Å². The highest BCUT2D eigenvalue weighted by Crippen LogP contribution is 2.30. The van der Waals surface area contributed by atoms with Crippen LogP contribution in [0.4, 0.5) is 4.79 Å². The zero-order chi connectivity index (χ0) is 11.0. The maximum Gasteiger partial charge on any atom is 0.325 e. The van der Waals surface area contributed by atoms with Crippen molar-refractivity contribution in [3.63, 3.8) is 0 Å². The lowest BCUT2D eigenvalue weighted by Crippen LogP contribution is -2.30. The van der Waals surface area contributed by atoms with E-state index in [4.69, 9.17) is 11.6 Å². The van der Waals surface area contributed by atoms with Crippen LogP contribution in [0.2, 0.25) is 4.34 Å². The molecule has 2 rings (SSSR count). The Hall–Kier alpha value is -1.07. The van der Waals surface area contributed by atoms with Gasteiger partial charge in [0.15, 0.2) is 0 Å². The number of hydrogen-bond acceptors (Lipinski definition) is 3. The van der Waals surface area contributed by atoms with E-state index in [1.165, 1.54) is 16.2 Å². The maximum atomic E-state index is 11.4. The summed E-state index contributed by atoms with van der Waals surface area (Å²) in [4.78, 5) is 24.8. The van der Waals surface area contributed by atoms with E-state index in [-0.39, 0.29) is 24.5 Å². The second-order valence-electron chi connectivity index (χ2n) is 3.30. The van der Waals surface area contributed by atoms with Gasteiger partial charge in [0.25, 0.3) is 0 Å². The Kier molecular flexibility index (Phi) is 2.67. The summed E-state index contributed by atoms with van der Waals surface area (Å²) >= 11 is 7.23. The Morgan fingerprint density at radius 1 is 1.53 bits per heavy atom. The highest BCUT2D eigenvalue weighted by atomic mass is 35.5. The van der Waals surface area contributed by atoms with Gasteiger partial charge in [-0.2, -0.15) is 0 Å². The third-order valence-electron chi connectivity index (χ3n) is 2.29. The van der Waals surface area contributed by atoms with Crippen LogP contribution in [0, 0.1) is 0 Å². The number of carbonyl (C=O) groups excluding carboxylic acids is 2. The number of rotatable bonds is 2. The Bertz CT molecular complexity index is 418. The largest absolute Gasteiger partial charge is 0.325 e. The van der Waals surface area contributed by atoms with Gasteiger partial charge in [0.1, 0.15) is 6.54 Å². The molecule has 1 aliphatic heterocycles. The van der Waals surface area contributed by atoms with E-state index >= 15 is 0 Å². The third-order valence-corrected chi connectivity index (χ3v) is 3.70. The van der Waals surface area contributed by atoms with Crippen LogP contribution in [-0.4, -0.2) is 23.4 Å². The third kappa shape index (κ3) is 1.98. The topological polar surface area (TPSA) is 49.4 Å². The van der Waals surface area contributed by atoms with Crippen LogP contribution >= 0.6 is 22.9 Å². The van der Waals surface area contributed by atoms with E-state index in [1.807, 2.05) is 13.0 Å². The van der Waals surface area contributed by atoms with Gasteiger partial charge in [-0.15, -0.1) is 11.3 Å². The molecule has 6 heteroatoms. The number of nitrogens with zero attached hydrogens (tertiary/aromatic N) is 1. The molecule has 1 aromatic heterocycles. The summed E-state index contributed by atoms with van der Waals surface area (Å²) in [7, 11) is 0. The van der Waals surface area contributed by atoms with E-state index in [1.54, 1.807) is 6.07 Å². The van der Waals surface area contributed by atoms with Crippen molar-refractivity contribution in [2.45, 2.75) is 13.0 Å². The molecule has 80 valence electrons. The maximum absolute atomic E-state index is 11.4. The fourth-order valence-corrected chi connectivity index (χ4v) is 2.60. The summed E-state index contributed by atoms with van der Waals surface area (Å²) in [6.07, 6.45) is 0. The molecule has 15 heavy (non-hydrogen) atoms. The Morgan fingerprint density at radius 3 is 2.73 bits per heavy atom. The number of imide groups is 1. The fraction of sp³-hybridized carbons (Fsp3) is 0.333. The number of halogens is 1. The number of thiophene rings is 1. The summed E-state index contributed by atoms with van der Waals surface area (Å²) in [5.41, 5.74) is 0. The molecule has 0 saturated carbocycles. The first-order chi connectivity index (χ1) is 7.08. The summed E-state index contributed by atoms with van der Waals surface area (Å²) in [5.74, 6) is -0.255. The van der Waals surface area contributed by atoms with Gasteiger partial charge in [-0.1, -0.05) is 11.6 Å². The molecule has 0 aromatic carbocycles. The first-order valence-corrected chi connectivity index (χ1v) is 5.63. The van der Waals surface area contributed by atoms with E-state index < -0.39 is 0 Å². The average molecular weight is 245 g/mol. The summed E-state index contributed by atoms with van der Waals surface area (Å²) < 4.78 is 0.683. The van der Waals surface area contributed by atoms with Crippen LogP contribution < -0.4 is 5.32 Å². The molecule has 0 spiro atoms. The van der Waals surface area contributed by atoms with Crippen molar-refractivity contribution < 1.29 is 9.59 Å². The van der Waals surface area contributed by atoms with Gasteiger partial charge in [-0.05, 0) is 19.1 Å². The van der Waals surface area contributed by atoms with E-state index in [0.717, 1.165) is 4.88 Å². The molecular weight excluding hydrogens is 236 g/mol. The molecule has 1 unspecified atom stereocenters. The number of urea groups is 1. The molecule has 1 atom stereocenters. The van der Waals surface area contributed by atoms with Crippen molar-refractivity contribution in [3.05, 3.63) is 21.3 Å². The molecule has 1 aliphatic rings. The van der Waals surface area contributed by atoms with Crippen LogP contribution in [0.3, 0.4) is 0 Å². The predicted molar refractivity (Wildman–Crippen MR) is 58.0 cm³/mol. The first-order valence-electron chi connectivity index (χ1n) is 4.43. The number of carbonyl (C=O) groups is 2. The second kappa shape index (κ2) is 3.83. The molecule has 1 N–H and O–H groups in total. The second-order valence-corrected chi connectivity index (χ2v) is 5.05. The lowest BCUT2D eigenvalue weighted by molar-refractivity contribution is -0.118. The van der Waals surface area contributed by atoms with Gasteiger partial charge < -0.3 is 4.90 Å². The highest BCUT2D eigenvalue weighted by Gasteiger charge is 2.31. The van der Waals surface area contributed by atoms with Crippen LogP contribution in [0.1, 0.15) is 17.8 Å². The Labute approximate surface area is 95.8 Å². The molecule has 1 fully saturated rings. The summed E-state index contributed by atoms with van der Waals surface area (Å²) in [6, 6.07) is 3.20. The van der Waals surface area contributed by atoms with Gasteiger partial charge in [0, 0.05) is 4.88 Å². The van der Waals surface area contributed by atoms with Gasteiger partial charge in [-0.3, -0.25) is 10.1 Å². The van der Waals surface area contributed by atoms with Crippen molar-refractivity contribution >= 4 is 34.9 Å². The smallest absolute Gasteiger partial charge is 0.308 e. The molecule has 1 saturated heterocycles. The van der Waals surface area contributed by atoms with E-state index in [9.17, 15) is 9.59 Å². The molecule has 3 amide bonds. The number of amides is 3. The van der Waals surface area contributed by atoms with Crippen molar-refractivity contribution in [2.24, 2.45) is 0 Å². The molecular formula is C9H9ClN2O2S. The minimum Gasteiger partial charge on any atom is -0.308 e. The molecule has 0 bridgehead atoms. The van der Waals surface area contributed by atoms with Crippen LogP contribution in [0.5, 0.6) is 0 Å². The van der Waals surface area contributed by atoms with Crippen molar-refractivity contribution in [2.75, 3.05) is 6.54 Å².